The van der Waals surface area contributed by atoms with Crippen LogP contribution in [0, 0.1) is 11.6 Å². The molecule has 0 aromatic heterocycles. The van der Waals surface area contributed by atoms with Gasteiger partial charge in [-0.1, -0.05) is 6.07 Å². The van der Waals surface area contributed by atoms with E-state index in [2.05, 4.69) is 10.1 Å². The van der Waals surface area contributed by atoms with Crippen molar-refractivity contribution in [3.05, 3.63) is 35.4 Å². The molecule has 1 amide bonds. The second-order valence-electron chi connectivity index (χ2n) is 4.42. The van der Waals surface area contributed by atoms with E-state index in [0.717, 1.165) is 12.1 Å². The van der Waals surface area contributed by atoms with Crippen LogP contribution in [0.3, 0.4) is 0 Å². The van der Waals surface area contributed by atoms with Gasteiger partial charge in [0.2, 0.25) is 5.91 Å². The summed E-state index contributed by atoms with van der Waals surface area (Å²) in [4.78, 5) is 24.5. The highest BCUT2D eigenvalue weighted by atomic mass is 35.5. The molecule has 0 saturated carbocycles. The molecule has 1 rings (SSSR count). The Kier molecular flexibility index (Phi) is 9.28. The van der Waals surface area contributed by atoms with Crippen LogP contribution in [0.2, 0.25) is 0 Å². The van der Waals surface area contributed by atoms with Crippen LogP contribution in [-0.2, 0) is 20.9 Å². The Bertz CT molecular complexity index is 515. The summed E-state index contributed by atoms with van der Waals surface area (Å²) in [7, 11) is 2.88. The monoisotopic (exact) mass is 336 g/mol. The van der Waals surface area contributed by atoms with Crippen molar-refractivity contribution in [2.24, 2.45) is 0 Å². The second kappa shape index (κ2) is 10.1. The number of halogens is 3. The van der Waals surface area contributed by atoms with Crippen LogP contribution < -0.4 is 5.32 Å². The average Bonchev–Trinajstić information content (AvgIpc) is 2.46. The van der Waals surface area contributed by atoms with E-state index in [0.29, 0.717) is 5.56 Å². The number of carbonyl (C=O) groups excluding carboxylic acids is 2. The fourth-order valence-electron chi connectivity index (χ4n) is 1.74. The van der Waals surface area contributed by atoms with Crippen LogP contribution in [-0.4, -0.2) is 44.0 Å². The molecule has 1 N–H and O–H groups in total. The van der Waals surface area contributed by atoms with E-state index in [4.69, 9.17) is 0 Å². The number of methoxy groups -OCH3 is 1. The number of nitrogens with one attached hydrogen (secondary N) is 1. The smallest absolute Gasteiger partial charge is 0.307 e. The van der Waals surface area contributed by atoms with Gasteiger partial charge in [0.05, 0.1) is 20.1 Å². The first-order valence-corrected chi connectivity index (χ1v) is 6.41. The topological polar surface area (TPSA) is 58.6 Å². The number of ether oxygens (including phenoxy) is 1. The molecule has 0 heterocycles. The molecule has 0 atom stereocenters. The number of benzene rings is 1. The maximum atomic E-state index is 13.2. The Balaban J connectivity index is 0.00000441. The first kappa shape index (κ1) is 20.3. The highest BCUT2D eigenvalue weighted by Crippen LogP contribution is 2.11. The normalized spacial score (nSPS) is 9.82. The summed E-state index contributed by atoms with van der Waals surface area (Å²) in [6.45, 7) is 0.325. The zero-order valence-electron chi connectivity index (χ0n) is 12.4. The molecule has 0 aliphatic carbocycles. The van der Waals surface area contributed by atoms with Gasteiger partial charge in [0.15, 0.2) is 11.6 Å². The fourth-order valence-corrected chi connectivity index (χ4v) is 1.74. The number of rotatable bonds is 7. The predicted octanol–water partition coefficient (Wildman–Crippen LogP) is 1.50. The lowest BCUT2D eigenvalue weighted by Crippen LogP contribution is -2.38. The van der Waals surface area contributed by atoms with E-state index in [1.807, 2.05) is 0 Å². The maximum absolute atomic E-state index is 13.2. The largest absolute Gasteiger partial charge is 0.469 e. The van der Waals surface area contributed by atoms with Gasteiger partial charge in [-0.25, -0.2) is 8.78 Å². The third-order valence-electron chi connectivity index (χ3n) is 2.85. The summed E-state index contributed by atoms with van der Waals surface area (Å²) >= 11 is 0. The van der Waals surface area contributed by atoms with E-state index in [-0.39, 0.29) is 44.4 Å². The lowest BCUT2D eigenvalue weighted by Gasteiger charge is -2.22. The van der Waals surface area contributed by atoms with Gasteiger partial charge in [-0.3, -0.25) is 9.59 Å². The molecule has 0 spiro atoms. The SMILES string of the molecule is CNCC(=O)N(CCC(=O)OC)Cc1ccc(F)c(F)c1.Cl. The minimum Gasteiger partial charge on any atom is -0.469 e. The molecule has 0 bridgehead atoms. The third kappa shape index (κ3) is 6.36. The highest BCUT2D eigenvalue weighted by molar-refractivity contribution is 5.85. The first-order chi connectivity index (χ1) is 9.97. The molecule has 0 fully saturated rings. The van der Waals surface area contributed by atoms with E-state index in [9.17, 15) is 18.4 Å². The van der Waals surface area contributed by atoms with Gasteiger partial charge in [0.1, 0.15) is 0 Å². The van der Waals surface area contributed by atoms with Crippen LogP contribution in [0.15, 0.2) is 18.2 Å². The molecule has 124 valence electrons. The molecule has 0 aliphatic rings. The molecule has 22 heavy (non-hydrogen) atoms. The van der Waals surface area contributed by atoms with Crippen molar-refractivity contribution in [1.82, 2.24) is 10.2 Å². The standard InChI is InChI=1S/C14H18F2N2O3.ClH/c1-17-8-13(19)18(6-5-14(20)21-2)9-10-3-4-11(15)12(16)7-10;/h3-4,7,17H,5-6,8-9H2,1-2H3;1H. The Morgan fingerprint density at radius 3 is 2.50 bits per heavy atom. The van der Waals surface area contributed by atoms with Gasteiger partial charge in [-0.05, 0) is 24.7 Å². The van der Waals surface area contributed by atoms with Crippen molar-refractivity contribution in [3.63, 3.8) is 0 Å². The lowest BCUT2D eigenvalue weighted by molar-refractivity contribution is -0.141. The Morgan fingerprint density at radius 2 is 1.95 bits per heavy atom. The van der Waals surface area contributed by atoms with Crippen LogP contribution in [0.5, 0.6) is 0 Å². The molecule has 0 radical (unpaired) electrons. The molecule has 1 aromatic rings. The summed E-state index contributed by atoms with van der Waals surface area (Å²) in [6.07, 6.45) is 0.0373. The molecule has 0 aliphatic heterocycles. The lowest BCUT2D eigenvalue weighted by atomic mass is 10.2. The van der Waals surface area contributed by atoms with Gasteiger partial charge >= 0.3 is 5.97 Å². The maximum Gasteiger partial charge on any atom is 0.307 e. The summed E-state index contributed by atoms with van der Waals surface area (Å²) in [5.74, 6) is -2.60. The van der Waals surface area contributed by atoms with Crippen molar-refractivity contribution < 1.29 is 23.1 Å². The summed E-state index contributed by atoms with van der Waals surface area (Å²) in [5, 5.41) is 2.71. The van der Waals surface area contributed by atoms with Crippen molar-refractivity contribution in [2.45, 2.75) is 13.0 Å². The van der Waals surface area contributed by atoms with E-state index in [1.165, 1.54) is 18.1 Å². The molecular formula is C14H19ClF2N2O3. The molecule has 8 heteroatoms. The van der Waals surface area contributed by atoms with Gasteiger partial charge < -0.3 is 15.0 Å². The zero-order chi connectivity index (χ0) is 15.8. The number of amides is 1. The third-order valence-corrected chi connectivity index (χ3v) is 2.85. The molecule has 5 nitrogen and oxygen atoms in total. The van der Waals surface area contributed by atoms with Gasteiger partial charge in [-0.2, -0.15) is 0 Å². The fraction of sp³-hybridized carbons (Fsp3) is 0.429. The molecular weight excluding hydrogens is 318 g/mol. The van der Waals surface area contributed by atoms with Crippen molar-refractivity contribution >= 4 is 24.3 Å². The van der Waals surface area contributed by atoms with Crippen LogP contribution in [0.4, 0.5) is 8.78 Å². The first-order valence-electron chi connectivity index (χ1n) is 6.41. The summed E-state index contributed by atoms with van der Waals surface area (Å²) in [5.41, 5.74) is 0.447. The minimum atomic E-state index is -0.971. The average molecular weight is 337 g/mol. The summed E-state index contributed by atoms with van der Waals surface area (Å²) in [6, 6.07) is 3.44. The molecule has 0 unspecified atom stereocenters. The number of hydrogen-bond donors (Lipinski definition) is 1. The predicted molar refractivity (Wildman–Crippen MR) is 79.6 cm³/mol. The van der Waals surface area contributed by atoms with Crippen LogP contribution in [0.25, 0.3) is 0 Å². The Labute approximate surface area is 134 Å². The number of esters is 1. The molecule has 0 saturated heterocycles. The van der Waals surface area contributed by atoms with Crippen molar-refractivity contribution in [2.75, 3.05) is 27.2 Å². The zero-order valence-corrected chi connectivity index (χ0v) is 13.2. The Hall–Kier alpha value is -1.73. The van der Waals surface area contributed by atoms with Crippen molar-refractivity contribution in [1.29, 1.82) is 0 Å². The van der Waals surface area contributed by atoms with Crippen LogP contribution in [0.1, 0.15) is 12.0 Å². The van der Waals surface area contributed by atoms with E-state index in [1.54, 1.807) is 7.05 Å². The molecule has 1 aromatic carbocycles. The number of hydrogen-bond acceptors (Lipinski definition) is 4. The van der Waals surface area contributed by atoms with Gasteiger partial charge in [-0.15, -0.1) is 12.4 Å². The quantitative estimate of drug-likeness (QED) is 0.767. The van der Waals surface area contributed by atoms with E-state index < -0.39 is 17.6 Å². The van der Waals surface area contributed by atoms with Gasteiger partial charge in [0, 0.05) is 13.1 Å². The van der Waals surface area contributed by atoms with Gasteiger partial charge in [0.25, 0.3) is 0 Å². The number of nitrogens with zero attached hydrogens (tertiary/aromatic N) is 1. The van der Waals surface area contributed by atoms with E-state index >= 15 is 0 Å². The summed E-state index contributed by atoms with van der Waals surface area (Å²) < 4.78 is 30.6. The van der Waals surface area contributed by atoms with Crippen molar-refractivity contribution in [3.8, 4) is 0 Å². The minimum absolute atomic E-state index is 0. The number of carbonyl (C=O) groups is 2. The highest BCUT2D eigenvalue weighted by Gasteiger charge is 2.16. The Morgan fingerprint density at radius 1 is 1.27 bits per heavy atom. The van der Waals surface area contributed by atoms with Crippen LogP contribution >= 0.6 is 12.4 Å². The second-order valence-corrected chi connectivity index (χ2v) is 4.42. The number of likely N-dealkylation sites (N-methyl/N-ethyl adjacent to an activating group) is 1.